The number of hydrogen-bond donors (Lipinski definition) is 0. The van der Waals surface area contributed by atoms with Crippen LogP contribution in [0.15, 0.2) is 607 Å². The molecule has 688 valence electrons. The van der Waals surface area contributed by atoms with Crippen LogP contribution >= 0.6 is 0 Å². The predicted octanol–water partition coefficient (Wildman–Crippen LogP) is 31.6. The Morgan fingerprint density at radius 2 is 0.363 bits per heavy atom. The molecule has 146 heavy (non-hydrogen) atoms. The van der Waals surface area contributed by atoms with Crippen molar-refractivity contribution in [2.24, 2.45) is 0 Å². The van der Waals surface area contributed by atoms with Gasteiger partial charge in [0.15, 0.2) is 16.1 Å². The Morgan fingerprint density at radius 1 is 0.137 bits per heavy atom. The van der Waals surface area contributed by atoms with Gasteiger partial charge in [-0.3, -0.25) is 0 Å². The second-order valence-corrected chi connectivity index (χ2v) is 45.2. The monoisotopic (exact) mass is 1890 g/mol. The second kappa shape index (κ2) is 39.1. The van der Waals surface area contributed by atoms with E-state index in [1.807, 2.05) is 0 Å². The Hall–Kier alpha value is -18.6. The van der Waals surface area contributed by atoms with Crippen LogP contribution in [0.5, 0.6) is 0 Å². The molecule has 0 fully saturated rings. The number of rotatable bonds is 22. The molecule has 0 unspecified atom stereocenters. The molecule has 0 saturated carbocycles. The lowest BCUT2D eigenvalue weighted by Gasteiger charge is -2.35. The molecule has 0 radical (unpaired) electrons. The van der Waals surface area contributed by atoms with Crippen molar-refractivity contribution >= 4 is 157 Å². The molecule has 0 amide bonds. The fourth-order valence-corrected chi connectivity index (χ4v) is 32.4. The summed E-state index contributed by atoms with van der Waals surface area (Å²) in [4.78, 5) is 4.81. The van der Waals surface area contributed by atoms with Gasteiger partial charge in [-0.25, -0.2) is 0 Å². The fraction of sp³-hybridized carbons (Fsp3) is 0. The average molecular weight is 1890 g/mol. The van der Waals surface area contributed by atoms with Crippen molar-refractivity contribution in [2.45, 2.75) is 0 Å². The maximum absolute atomic E-state index is 2.73. The highest BCUT2D eigenvalue weighted by molar-refractivity contribution is 7.20. The van der Waals surface area contributed by atoms with Crippen LogP contribution in [0.4, 0.5) is 34.1 Å². The third-order valence-electron chi connectivity index (χ3n) is 29.5. The molecule has 0 aliphatic rings. The van der Waals surface area contributed by atoms with Crippen molar-refractivity contribution in [1.82, 2.24) is 9.13 Å². The van der Waals surface area contributed by atoms with Crippen molar-refractivity contribution in [3.63, 3.8) is 0 Å². The van der Waals surface area contributed by atoms with Crippen LogP contribution in [0.3, 0.4) is 0 Å². The number of anilines is 6. The van der Waals surface area contributed by atoms with Crippen LogP contribution in [0, 0.1) is 0 Å². The molecule has 0 spiro atoms. The van der Waals surface area contributed by atoms with Gasteiger partial charge in [0, 0.05) is 66.9 Å². The van der Waals surface area contributed by atoms with Gasteiger partial charge in [-0.1, -0.05) is 491 Å². The Kier molecular flexibility index (Phi) is 23.8. The molecule has 0 N–H and O–H groups in total. The van der Waals surface area contributed by atoms with Crippen molar-refractivity contribution in [3.05, 3.63) is 607 Å². The lowest BCUT2D eigenvalue weighted by Crippen LogP contribution is -2.74. The Labute approximate surface area is 854 Å². The van der Waals surface area contributed by atoms with Gasteiger partial charge in [0.05, 0.1) is 27.8 Å². The molecule has 0 atom stereocenters. The first kappa shape index (κ1) is 88.8. The van der Waals surface area contributed by atoms with E-state index in [0.29, 0.717) is 0 Å². The standard InChI is InChI=1S/2C70H50N2Si/c1-5-21-52(22-6-1)64-32-15-17-36-67(64)72-68-37-18-16-33-66(68)70-65(35-20-38-69(70)72)54-41-45-56(46-42-54)71(55-43-39-53(40-44-55)63-34-19-24-51-23-13-14-31-62(51)63)57-47-49-61(50-48-57)73(58-25-7-2-8-26-58,59-27-9-3-10-28-59)60-29-11-4-12-30-60;1-5-19-51(20-6-1)52-35-41-59(42-36-52)72-68-33-16-15-30-67(68)70-66(32-18-34-69(70)72)55-39-45-57(46-40-55)71(56-43-37-54(38-44-56)65-31-17-22-53-21-13-14-29-64(53)65)58-47-49-63(50-48-58)73(60-23-7-2-8-24-60,61-25-9-3-10-26-61)62-27-11-4-12-28-62/h2*1-50H. The fourth-order valence-electron chi connectivity index (χ4n) is 22.9. The number of fused-ring (bicyclic) bond motifs is 8. The van der Waals surface area contributed by atoms with Gasteiger partial charge in [-0.15, -0.1) is 0 Å². The maximum atomic E-state index is 2.45. The normalized spacial score (nSPS) is 11.6. The molecule has 0 bridgehead atoms. The van der Waals surface area contributed by atoms with E-state index in [4.69, 9.17) is 0 Å². The zero-order chi connectivity index (χ0) is 97.1. The van der Waals surface area contributed by atoms with Gasteiger partial charge >= 0.3 is 0 Å². The highest BCUT2D eigenvalue weighted by atomic mass is 28.3. The summed E-state index contributed by atoms with van der Waals surface area (Å²) >= 11 is 0. The molecule has 6 heteroatoms. The Balaban J connectivity index is 0.000000152. The molecule has 26 aromatic rings. The lowest BCUT2D eigenvalue weighted by atomic mass is 9.98. The zero-order valence-electron chi connectivity index (χ0n) is 80.5. The lowest BCUT2D eigenvalue weighted by molar-refractivity contribution is 1.18. The SMILES string of the molecule is c1ccc(-c2ccc(-n3c4ccccc4c4c(-c5ccc(N(c6ccc(-c7cccc8ccccc78)cc6)c6ccc([Si](c7ccccc7)(c7ccccc7)c7ccccc7)cc6)cc5)cccc43)cc2)cc1.c1ccc(-c2ccccc2-n2c3ccccc3c3c(-c4ccc(N(c5ccc(-c6cccc7ccccc67)cc5)c5ccc([Si](c6ccccc6)(c6ccccc6)c6ccccc6)cc5)cc4)cccc32)cc1. The topological polar surface area (TPSA) is 16.3 Å². The number of benzene rings is 24. The molecule has 2 heterocycles. The number of para-hydroxylation sites is 3. The third kappa shape index (κ3) is 16.2. The van der Waals surface area contributed by atoms with Crippen LogP contribution in [0.2, 0.25) is 0 Å². The van der Waals surface area contributed by atoms with Crippen molar-refractivity contribution < 1.29 is 0 Å². The average Bonchev–Trinajstić information content (AvgIpc) is 1.60. The van der Waals surface area contributed by atoms with Crippen LogP contribution in [0.1, 0.15) is 0 Å². The smallest absolute Gasteiger partial charge is 0.179 e. The molecular weight excluding hydrogens is 1790 g/mol. The molecule has 26 rings (SSSR count). The zero-order valence-corrected chi connectivity index (χ0v) is 82.5. The van der Waals surface area contributed by atoms with E-state index in [0.717, 1.165) is 45.5 Å². The molecule has 0 aliphatic heterocycles. The highest BCUT2D eigenvalue weighted by Gasteiger charge is 2.43. The minimum Gasteiger partial charge on any atom is -0.311 e. The predicted molar refractivity (Wildman–Crippen MR) is 626 cm³/mol. The minimum absolute atomic E-state index is 1.08. The van der Waals surface area contributed by atoms with Gasteiger partial charge < -0.3 is 18.9 Å². The van der Waals surface area contributed by atoms with Gasteiger partial charge in [0.25, 0.3) is 0 Å². The molecule has 4 nitrogen and oxygen atoms in total. The van der Waals surface area contributed by atoms with Crippen molar-refractivity contribution in [1.29, 1.82) is 0 Å². The molecule has 0 saturated heterocycles. The van der Waals surface area contributed by atoms with Gasteiger partial charge in [-0.2, -0.15) is 0 Å². The van der Waals surface area contributed by atoms with E-state index in [9.17, 15) is 0 Å². The highest BCUT2D eigenvalue weighted by Crippen LogP contribution is 2.47. The first-order valence-electron chi connectivity index (χ1n) is 50.3. The van der Waals surface area contributed by atoms with E-state index in [1.54, 1.807) is 0 Å². The van der Waals surface area contributed by atoms with E-state index >= 15 is 0 Å². The Morgan fingerprint density at radius 3 is 0.733 bits per heavy atom. The van der Waals surface area contributed by atoms with Crippen molar-refractivity contribution in [3.8, 4) is 78.1 Å². The summed E-state index contributed by atoms with van der Waals surface area (Å²) in [7, 11) is -5.46. The number of hydrogen-bond acceptors (Lipinski definition) is 2. The second-order valence-electron chi connectivity index (χ2n) is 37.6. The molecule has 0 aliphatic carbocycles. The van der Waals surface area contributed by atoms with Crippen LogP contribution in [-0.4, -0.2) is 25.3 Å². The quantitative estimate of drug-likeness (QED) is 0.0497. The van der Waals surface area contributed by atoms with Crippen molar-refractivity contribution in [2.75, 3.05) is 9.80 Å². The third-order valence-corrected chi connectivity index (χ3v) is 39.1. The van der Waals surface area contributed by atoms with E-state index in [1.165, 1.54) is 173 Å². The summed E-state index contributed by atoms with van der Waals surface area (Å²) in [6, 6.07) is 223. The number of aromatic nitrogens is 2. The van der Waals surface area contributed by atoms with Crippen LogP contribution < -0.4 is 51.3 Å². The summed E-state index contributed by atoms with van der Waals surface area (Å²) in [5.74, 6) is 0. The number of nitrogens with zero attached hydrogens (tertiary/aromatic N) is 4. The summed E-state index contributed by atoms with van der Waals surface area (Å²) in [5, 5.41) is 20.8. The first-order valence-corrected chi connectivity index (χ1v) is 54.3. The van der Waals surface area contributed by atoms with Gasteiger partial charge in [0.1, 0.15) is 0 Å². The summed E-state index contributed by atoms with van der Waals surface area (Å²) in [6.45, 7) is 0. The Bertz CT molecular complexity index is 8930. The van der Waals surface area contributed by atoms with E-state index in [2.05, 4.69) is 626 Å². The maximum Gasteiger partial charge on any atom is 0.179 e. The van der Waals surface area contributed by atoms with Crippen LogP contribution in [-0.2, 0) is 0 Å². The van der Waals surface area contributed by atoms with E-state index in [-0.39, 0.29) is 0 Å². The van der Waals surface area contributed by atoms with Crippen LogP contribution in [0.25, 0.3) is 143 Å². The largest absolute Gasteiger partial charge is 0.311 e. The molecular formula is C140H100N4Si2. The summed E-state index contributed by atoms with van der Waals surface area (Å²) < 4.78 is 4.86. The van der Waals surface area contributed by atoms with E-state index < -0.39 is 16.1 Å². The summed E-state index contributed by atoms with van der Waals surface area (Å²) in [5.41, 5.74) is 28.0. The molecule has 24 aromatic carbocycles. The van der Waals surface area contributed by atoms with Gasteiger partial charge in [-0.05, 0) is 239 Å². The minimum atomic E-state index is -2.73. The first-order chi connectivity index (χ1) is 72.5. The summed E-state index contributed by atoms with van der Waals surface area (Å²) in [6.07, 6.45) is 0. The van der Waals surface area contributed by atoms with Gasteiger partial charge in [0.2, 0.25) is 0 Å². The molecule has 2 aromatic heterocycles.